The van der Waals surface area contributed by atoms with Crippen molar-refractivity contribution < 1.29 is 13.9 Å². The lowest BCUT2D eigenvalue weighted by molar-refractivity contribution is -0.145. The smallest absolute Gasteiger partial charge is 0.326 e. The number of rotatable bonds is 6. The van der Waals surface area contributed by atoms with Crippen molar-refractivity contribution in [3.8, 4) is 10.8 Å². The highest BCUT2D eigenvalue weighted by Gasteiger charge is 2.14. The monoisotopic (exact) mass is 367 g/mol. The molecule has 0 bridgehead atoms. The van der Waals surface area contributed by atoms with Gasteiger partial charge in [0.05, 0.1) is 23.0 Å². The van der Waals surface area contributed by atoms with Crippen molar-refractivity contribution in [1.29, 1.82) is 0 Å². The van der Waals surface area contributed by atoms with Crippen molar-refractivity contribution in [3.05, 3.63) is 59.6 Å². The number of nitrogens with zero attached hydrogens (tertiary/aromatic N) is 3. The predicted octanol–water partition coefficient (Wildman–Crippen LogP) is 4.06. The van der Waals surface area contributed by atoms with Crippen molar-refractivity contribution in [3.63, 3.8) is 0 Å². The Labute approximate surface area is 154 Å². The first-order valence-corrected chi connectivity index (χ1v) is 9.20. The summed E-state index contributed by atoms with van der Waals surface area (Å²) in [5.41, 5.74) is 2.54. The molecule has 4 aromatic rings. The molecule has 26 heavy (non-hydrogen) atoms. The summed E-state index contributed by atoms with van der Waals surface area (Å²) in [5.74, 6) is 1.28. The number of thiazole rings is 1. The van der Waals surface area contributed by atoms with Gasteiger partial charge in [0.2, 0.25) is 0 Å². The minimum absolute atomic E-state index is 0.138. The van der Waals surface area contributed by atoms with E-state index in [9.17, 15) is 4.79 Å². The van der Waals surface area contributed by atoms with Crippen LogP contribution in [0.5, 0.6) is 0 Å². The third kappa shape index (κ3) is 3.25. The fraction of sp³-hybridized carbons (Fsp3) is 0.211. The van der Waals surface area contributed by atoms with Crippen molar-refractivity contribution in [2.24, 2.45) is 0 Å². The van der Waals surface area contributed by atoms with Gasteiger partial charge >= 0.3 is 5.97 Å². The van der Waals surface area contributed by atoms with Crippen molar-refractivity contribution in [2.75, 3.05) is 0 Å². The second kappa shape index (κ2) is 7.13. The number of fused-ring (bicyclic) bond motifs is 1. The van der Waals surface area contributed by atoms with Crippen LogP contribution in [0.15, 0.2) is 52.5 Å². The highest BCUT2D eigenvalue weighted by molar-refractivity contribution is 7.13. The van der Waals surface area contributed by atoms with Crippen molar-refractivity contribution >= 4 is 28.3 Å². The Morgan fingerprint density at radius 2 is 2.12 bits per heavy atom. The molecular formula is C19H17N3O3S. The van der Waals surface area contributed by atoms with Gasteiger partial charge in [0.25, 0.3) is 0 Å². The van der Waals surface area contributed by atoms with E-state index in [2.05, 4.69) is 9.97 Å². The Balaban J connectivity index is 1.43. The number of aryl methyl sites for hydroxylation is 1. The van der Waals surface area contributed by atoms with E-state index in [4.69, 9.17) is 9.15 Å². The zero-order valence-electron chi connectivity index (χ0n) is 14.2. The van der Waals surface area contributed by atoms with Gasteiger partial charge in [0.1, 0.15) is 19.0 Å². The molecule has 0 aliphatic heterocycles. The Bertz CT molecular complexity index is 1030. The van der Waals surface area contributed by atoms with Crippen LogP contribution >= 0.6 is 11.3 Å². The molecule has 4 rings (SSSR count). The maximum atomic E-state index is 12.3. The van der Waals surface area contributed by atoms with Crippen LogP contribution in [0.1, 0.15) is 18.4 Å². The number of esters is 1. The van der Waals surface area contributed by atoms with Crippen LogP contribution in [0.2, 0.25) is 0 Å². The highest BCUT2D eigenvalue weighted by atomic mass is 32.1. The number of imidazole rings is 1. The Kier molecular flexibility index (Phi) is 4.53. The van der Waals surface area contributed by atoms with Gasteiger partial charge in [0.15, 0.2) is 10.8 Å². The van der Waals surface area contributed by atoms with E-state index < -0.39 is 0 Å². The van der Waals surface area contributed by atoms with Crippen molar-refractivity contribution in [2.45, 2.75) is 26.5 Å². The molecule has 0 atom stereocenters. The molecule has 0 saturated heterocycles. The average Bonchev–Trinajstić information content (AvgIpc) is 3.39. The molecule has 0 radical (unpaired) electrons. The first-order valence-electron chi connectivity index (χ1n) is 8.32. The molecule has 7 heteroatoms. The van der Waals surface area contributed by atoms with E-state index >= 15 is 0 Å². The number of carbonyl (C=O) groups excluding carboxylic acids is 1. The molecule has 3 heterocycles. The summed E-state index contributed by atoms with van der Waals surface area (Å²) in [5, 5.41) is 2.64. The average molecular weight is 367 g/mol. The number of aromatic nitrogens is 3. The van der Waals surface area contributed by atoms with Gasteiger partial charge in [-0.05, 0) is 24.3 Å². The van der Waals surface area contributed by atoms with Gasteiger partial charge in [-0.2, -0.15) is 0 Å². The van der Waals surface area contributed by atoms with Crippen LogP contribution in [0.4, 0.5) is 0 Å². The maximum absolute atomic E-state index is 12.3. The SMILES string of the molecule is CCc1nc2ccccc2n1CC(=O)OCc1csc(-c2ccco2)n1. The lowest BCUT2D eigenvalue weighted by Crippen LogP contribution is -2.15. The van der Waals surface area contributed by atoms with Gasteiger partial charge in [0, 0.05) is 11.8 Å². The van der Waals surface area contributed by atoms with Crippen LogP contribution < -0.4 is 0 Å². The molecule has 132 valence electrons. The number of para-hydroxylation sites is 2. The normalized spacial score (nSPS) is 11.1. The Morgan fingerprint density at radius 3 is 2.92 bits per heavy atom. The van der Waals surface area contributed by atoms with Crippen LogP contribution in [0.3, 0.4) is 0 Å². The number of ether oxygens (including phenoxy) is 1. The summed E-state index contributed by atoms with van der Waals surface area (Å²) < 4.78 is 12.6. The highest BCUT2D eigenvalue weighted by Crippen LogP contribution is 2.24. The molecule has 0 aliphatic carbocycles. The Morgan fingerprint density at radius 1 is 1.23 bits per heavy atom. The molecule has 1 aromatic carbocycles. The molecule has 0 N–H and O–H groups in total. The van der Waals surface area contributed by atoms with Gasteiger partial charge in [-0.3, -0.25) is 4.79 Å². The standard InChI is InChI=1S/C19H17N3O3S/c1-2-17-21-14-6-3-4-7-15(14)22(17)10-18(23)25-11-13-12-26-19(20-13)16-8-5-9-24-16/h3-9,12H,2,10-11H2,1H3. The fourth-order valence-corrected chi connectivity index (χ4v) is 3.56. The number of carbonyl (C=O) groups is 1. The molecule has 3 aromatic heterocycles. The van der Waals surface area contributed by atoms with Crippen molar-refractivity contribution in [1.82, 2.24) is 14.5 Å². The summed E-state index contributed by atoms with van der Waals surface area (Å²) in [6.07, 6.45) is 2.36. The largest absolute Gasteiger partial charge is 0.462 e. The van der Waals surface area contributed by atoms with E-state index in [1.54, 1.807) is 6.26 Å². The zero-order valence-corrected chi connectivity index (χ0v) is 15.0. The van der Waals surface area contributed by atoms with Gasteiger partial charge in [-0.1, -0.05) is 19.1 Å². The van der Waals surface area contributed by atoms with E-state index in [0.717, 1.165) is 28.3 Å². The van der Waals surface area contributed by atoms with Crippen LogP contribution in [-0.2, 0) is 29.1 Å². The zero-order chi connectivity index (χ0) is 17.9. The summed E-state index contributed by atoms with van der Waals surface area (Å²) in [7, 11) is 0. The first-order chi connectivity index (χ1) is 12.7. The predicted molar refractivity (Wildman–Crippen MR) is 98.7 cm³/mol. The lowest BCUT2D eigenvalue weighted by atomic mass is 10.3. The van der Waals surface area contributed by atoms with E-state index in [1.165, 1.54) is 11.3 Å². The van der Waals surface area contributed by atoms with E-state index in [1.807, 2.05) is 53.3 Å². The van der Waals surface area contributed by atoms with Gasteiger partial charge in [-0.15, -0.1) is 11.3 Å². The quantitative estimate of drug-likeness (QED) is 0.481. The molecule has 0 unspecified atom stereocenters. The number of furan rings is 1. The fourth-order valence-electron chi connectivity index (χ4n) is 2.79. The van der Waals surface area contributed by atoms with E-state index in [0.29, 0.717) is 11.5 Å². The van der Waals surface area contributed by atoms with Crippen LogP contribution in [-0.4, -0.2) is 20.5 Å². The second-order valence-corrected chi connectivity index (χ2v) is 6.60. The van der Waals surface area contributed by atoms with Crippen LogP contribution in [0.25, 0.3) is 21.8 Å². The summed E-state index contributed by atoms with van der Waals surface area (Å²) in [6.45, 7) is 2.30. The second-order valence-electron chi connectivity index (χ2n) is 5.74. The molecule has 0 aliphatic rings. The Hall–Kier alpha value is -2.93. The lowest BCUT2D eigenvalue weighted by Gasteiger charge is -2.08. The topological polar surface area (TPSA) is 70.2 Å². The summed E-state index contributed by atoms with van der Waals surface area (Å²) in [6, 6.07) is 11.5. The van der Waals surface area contributed by atoms with Gasteiger partial charge < -0.3 is 13.7 Å². The third-order valence-corrected chi connectivity index (χ3v) is 4.91. The number of hydrogen-bond donors (Lipinski definition) is 0. The summed E-state index contributed by atoms with van der Waals surface area (Å²) >= 11 is 1.46. The molecule has 0 fully saturated rings. The minimum Gasteiger partial charge on any atom is -0.462 e. The molecule has 0 spiro atoms. The maximum Gasteiger partial charge on any atom is 0.326 e. The first kappa shape index (κ1) is 16.5. The minimum atomic E-state index is -0.310. The van der Waals surface area contributed by atoms with Gasteiger partial charge in [-0.25, -0.2) is 9.97 Å². The molecule has 6 nitrogen and oxygen atoms in total. The van der Waals surface area contributed by atoms with Crippen LogP contribution in [0, 0.1) is 0 Å². The number of benzene rings is 1. The molecular weight excluding hydrogens is 350 g/mol. The van der Waals surface area contributed by atoms with E-state index in [-0.39, 0.29) is 19.1 Å². The molecule has 0 amide bonds. The third-order valence-electron chi connectivity index (χ3n) is 4.00. The summed E-state index contributed by atoms with van der Waals surface area (Å²) in [4.78, 5) is 21.3. The number of hydrogen-bond acceptors (Lipinski definition) is 6. The molecule has 0 saturated carbocycles.